The number of rotatable bonds is 4. The predicted octanol–water partition coefficient (Wildman–Crippen LogP) is 1.93. The number of hydrogen-bond donors (Lipinski definition) is 1. The van der Waals surface area contributed by atoms with Crippen LogP contribution in [0.4, 0.5) is 8.78 Å². The van der Waals surface area contributed by atoms with Crippen molar-refractivity contribution in [3.63, 3.8) is 0 Å². The van der Waals surface area contributed by atoms with Crippen molar-refractivity contribution in [2.75, 3.05) is 6.54 Å². The van der Waals surface area contributed by atoms with Crippen molar-refractivity contribution in [1.29, 1.82) is 0 Å². The molecule has 3 nitrogen and oxygen atoms in total. The van der Waals surface area contributed by atoms with Gasteiger partial charge >= 0.3 is 0 Å². The molecular formula is C12H11F2NO2. The molecule has 0 atom stereocenters. The van der Waals surface area contributed by atoms with Crippen LogP contribution in [-0.2, 0) is 4.79 Å². The van der Waals surface area contributed by atoms with Gasteiger partial charge in [0.05, 0.1) is 5.56 Å². The van der Waals surface area contributed by atoms with Crippen LogP contribution in [0.25, 0.3) is 6.08 Å². The molecule has 1 aromatic rings. The van der Waals surface area contributed by atoms with Gasteiger partial charge in [0.25, 0.3) is 0 Å². The lowest BCUT2D eigenvalue weighted by Gasteiger charge is -2.01. The molecule has 5 heteroatoms. The van der Waals surface area contributed by atoms with Crippen LogP contribution in [0.1, 0.15) is 22.8 Å². The third-order valence-corrected chi connectivity index (χ3v) is 2.04. The first-order chi connectivity index (χ1) is 8.06. The van der Waals surface area contributed by atoms with Gasteiger partial charge in [0.1, 0.15) is 11.6 Å². The Hall–Kier alpha value is -2.04. The molecule has 1 rings (SSSR count). The van der Waals surface area contributed by atoms with Crippen LogP contribution in [0.3, 0.4) is 0 Å². The van der Waals surface area contributed by atoms with Crippen LogP contribution in [0.2, 0.25) is 0 Å². The molecule has 90 valence electrons. The lowest BCUT2D eigenvalue weighted by Crippen LogP contribution is -2.19. The first-order valence-corrected chi connectivity index (χ1v) is 4.90. The van der Waals surface area contributed by atoms with E-state index in [1.165, 1.54) is 25.1 Å². The fraction of sp³-hybridized carbons (Fsp3) is 0.167. The summed E-state index contributed by atoms with van der Waals surface area (Å²) in [6.45, 7) is 1.60. The molecule has 0 aliphatic carbocycles. The largest absolute Gasteiger partial charge is 0.353 e. The van der Waals surface area contributed by atoms with E-state index in [0.29, 0.717) is 0 Å². The number of carbonyl (C=O) groups excluding carboxylic acids is 2. The summed E-state index contributed by atoms with van der Waals surface area (Å²) in [5.74, 6) is -2.00. The Morgan fingerprint density at radius 1 is 1.41 bits per heavy atom. The Morgan fingerprint density at radius 2 is 2.12 bits per heavy atom. The Balaban J connectivity index is 2.85. The highest BCUT2D eigenvalue weighted by atomic mass is 19.1. The van der Waals surface area contributed by atoms with Crippen molar-refractivity contribution >= 4 is 18.3 Å². The van der Waals surface area contributed by atoms with E-state index < -0.39 is 17.2 Å². The summed E-state index contributed by atoms with van der Waals surface area (Å²) < 4.78 is 26.5. The molecule has 0 bridgehead atoms. The normalized spacial score (nSPS) is 10.5. The van der Waals surface area contributed by atoms with E-state index in [0.717, 1.165) is 6.07 Å². The summed E-state index contributed by atoms with van der Waals surface area (Å²) in [6, 6.07) is 2.24. The lowest BCUT2D eigenvalue weighted by molar-refractivity contribution is -0.118. The molecule has 17 heavy (non-hydrogen) atoms. The molecule has 0 radical (unpaired) electrons. The Kier molecular flexibility index (Phi) is 4.51. The van der Waals surface area contributed by atoms with Crippen molar-refractivity contribution < 1.29 is 18.4 Å². The third kappa shape index (κ3) is 3.48. The van der Waals surface area contributed by atoms with E-state index in [2.05, 4.69) is 5.32 Å². The Morgan fingerprint density at radius 3 is 2.71 bits per heavy atom. The highest BCUT2D eigenvalue weighted by Gasteiger charge is 2.10. The second kappa shape index (κ2) is 5.89. The summed E-state index contributed by atoms with van der Waals surface area (Å²) in [5, 5.41) is 2.48. The quantitative estimate of drug-likeness (QED) is 0.816. The van der Waals surface area contributed by atoms with Crippen molar-refractivity contribution in [1.82, 2.24) is 5.32 Å². The fourth-order valence-electron chi connectivity index (χ4n) is 1.21. The summed E-state index contributed by atoms with van der Waals surface area (Å²) in [5.41, 5.74) is -0.495. The van der Waals surface area contributed by atoms with E-state index in [4.69, 9.17) is 0 Å². The molecule has 1 amide bonds. The van der Waals surface area contributed by atoms with Gasteiger partial charge in [0, 0.05) is 19.0 Å². The van der Waals surface area contributed by atoms with Crippen molar-refractivity contribution in [2.24, 2.45) is 0 Å². The molecule has 0 saturated carbocycles. The number of hydrogen-bond acceptors (Lipinski definition) is 2. The minimum atomic E-state index is -0.904. The van der Waals surface area contributed by atoms with E-state index in [9.17, 15) is 18.4 Å². The lowest BCUT2D eigenvalue weighted by atomic mass is 10.1. The zero-order valence-electron chi connectivity index (χ0n) is 9.17. The van der Waals surface area contributed by atoms with E-state index in [1.807, 2.05) is 0 Å². The van der Waals surface area contributed by atoms with Crippen LogP contribution >= 0.6 is 0 Å². The number of halogens is 2. The van der Waals surface area contributed by atoms with Crippen LogP contribution in [0.15, 0.2) is 18.2 Å². The molecule has 0 spiro atoms. The van der Waals surface area contributed by atoms with Crippen molar-refractivity contribution in [3.05, 3.63) is 41.0 Å². The average molecular weight is 239 g/mol. The summed E-state index contributed by atoms with van der Waals surface area (Å²) in [6.07, 6.45) is 3.01. The van der Waals surface area contributed by atoms with Crippen LogP contribution in [-0.4, -0.2) is 18.7 Å². The molecule has 0 fully saturated rings. The first kappa shape index (κ1) is 13.0. The number of aldehydes is 1. The maximum Gasteiger partial charge on any atom is 0.217 e. The third-order valence-electron chi connectivity index (χ3n) is 2.04. The van der Waals surface area contributed by atoms with Crippen LogP contribution in [0, 0.1) is 11.6 Å². The zero-order chi connectivity index (χ0) is 12.8. The smallest absolute Gasteiger partial charge is 0.217 e. The standard InChI is InChI=1S/C12H11F2NO2/c1-8(17)15-6-2-3-9-4-5-11(13)10(7-16)12(9)14/h2-5,7H,6H2,1H3,(H,15,17). The summed E-state index contributed by atoms with van der Waals surface area (Å²) >= 11 is 0. The van der Waals surface area contributed by atoms with E-state index >= 15 is 0 Å². The summed E-state index contributed by atoms with van der Waals surface area (Å²) in [4.78, 5) is 21.0. The number of carbonyl (C=O) groups is 2. The second-order valence-corrected chi connectivity index (χ2v) is 3.32. The Bertz CT molecular complexity index is 470. The molecular weight excluding hydrogens is 228 g/mol. The SMILES string of the molecule is CC(=O)NCC=Cc1ccc(F)c(C=O)c1F. The van der Waals surface area contributed by atoms with Crippen molar-refractivity contribution in [2.45, 2.75) is 6.92 Å². The molecule has 0 aliphatic rings. The fourth-order valence-corrected chi connectivity index (χ4v) is 1.21. The van der Waals surface area contributed by atoms with E-state index in [1.54, 1.807) is 0 Å². The molecule has 0 aliphatic heterocycles. The first-order valence-electron chi connectivity index (χ1n) is 4.90. The van der Waals surface area contributed by atoms with Crippen molar-refractivity contribution in [3.8, 4) is 0 Å². The maximum absolute atomic E-state index is 13.5. The molecule has 1 aromatic carbocycles. The van der Waals surface area contributed by atoms with Crippen LogP contribution in [0.5, 0.6) is 0 Å². The second-order valence-electron chi connectivity index (χ2n) is 3.32. The number of amides is 1. The van der Waals surface area contributed by atoms with Gasteiger partial charge in [-0.1, -0.05) is 12.2 Å². The molecule has 1 N–H and O–H groups in total. The monoisotopic (exact) mass is 239 g/mol. The number of nitrogens with one attached hydrogen (secondary N) is 1. The van der Waals surface area contributed by atoms with Gasteiger partial charge in [-0.05, 0) is 12.1 Å². The predicted molar refractivity (Wildman–Crippen MR) is 59.5 cm³/mol. The van der Waals surface area contributed by atoms with Crippen LogP contribution < -0.4 is 5.32 Å². The van der Waals surface area contributed by atoms with Gasteiger partial charge in [0.2, 0.25) is 5.91 Å². The van der Waals surface area contributed by atoms with Gasteiger partial charge in [-0.25, -0.2) is 8.78 Å². The Labute approximate surface area is 97.1 Å². The highest BCUT2D eigenvalue weighted by molar-refractivity contribution is 5.77. The topological polar surface area (TPSA) is 46.2 Å². The van der Waals surface area contributed by atoms with E-state index in [-0.39, 0.29) is 24.3 Å². The molecule has 0 unspecified atom stereocenters. The highest BCUT2D eigenvalue weighted by Crippen LogP contribution is 2.16. The van der Waals surface area contributed by atoms with Gasteiger partial charge in [0.15, 0.2) is 6.29 Å². The maximum atomic E-state index is 13.5. The zero-order valence-corrected chi connectivity index (χ0v) is 9.17. The molecule has 0 saturated heterocycles. The summed E-state index contributed by atoms with van der Waals surface area (Å²) in [7, 11) is 0. The van der Waals surface area contributed by atoms with Gasteiger partial charge in [-0.2, -0.15) is 0 Å². The molecule has 0 aromatic heterocycles. The van der Waals surface area contributed by atoms with Gasteiger partial charge < -0.3 is 5.32 Å². The number of benzene rings is 1. The molecule has 0 heterocycles. The van der Waals surface area contributed by atoms with Gasteiger partial charge in [-0.3, -0.25) is 9.59 Å². The average Bonchev–Trinajstić information content (AvgIpc) is 2.27. The van der Waals surface area contributed by atoms with Gasteiger partial charge in [-0.15, -0.1) is 0 Å². The minimum absolute atomic E-state index is 0.0962. The minimum Gasteiger partial charge on any atom is -0.353 e.